The number of benzene rings is 2. The summed E-state index contributed by atoms with van der Waals surface area (Å²) in [6.45, 7) is 2.49. The Kier molecular flexibility index (Phi) is 6.35. The van der Waals surface area contributed by atoms with Gasteiger partial charge in [-0.05, 0) is 48.9 Å². The molecule has 1 N–H and O–H groups in total. The first kappa shape index (κ1) is 18.3. The van der Waals surface area contributed by atoms with Gasteiger partial charge >= 0.3 is 6.03 Å². The number of nitriles is 1. The van der Waals surface area contributed by atoms with Gasteiger partial charge in [-0.2, -0.15) is 5.26 Å². The molecule has 2 amide bonds. The normalized spacial score (nSPS) is 11.3. The van der Waals surface area contributed by atoms with Crippen LogP contribution in [-0.4, -0.2) is 30.6 Å². The molecule has 0 fully saturated rings. The van der Waals surface area contributed by atoms with Crippen LogP contribution in [0.1, 0.15) is 18.1 Å². The molecule has 0 saturated heterocycles. The minimum atomic E-state index is -0.323. The first-order valence-electron chi connectivity index (χ1n) is 7.87. The highest BCUT2D eigenvalue weighted by Crippen LogP contribution is 2.11. The summed E-state index contributed by atoms with van der Waals surface area (Å²) in [7, 11) is 1.68. The van der Waals surface area contributed by atoms with Gasteiger partial charge in [0.25, 0.3) is 0 Å². The van der Waals surface area contributed by atoms with Gasteiger partial charge in [-0.3, -0.25) is 0 Å². The molecule has 1 atom stereocenters. The number of carbonyl (C=O) groups excluding carboxylic acids is 1. The van der Waals surface area contributed by atoms with Crippen molar-refractivity contribution in [2.45, 2.75) is 19.5 Å². The highest BCUT2D eigenvalue weighted by molar-refractivity contribution is 5.74. The summed E-state index contributed by atoms with van der Waals surface area (Å²) in [4.78, 5) is 13.7. The molecule has 0 bridgehead atoms. The van der Waals surface area contributed by atoms with E-state index >= 15 is 0 Å². The summed E-state index contributed by atoms with van der Waals surface area (Å²) < 4.78 is 18.4. The second-order valence-corrected chi connectivity index (χ2v) is 5.78. The highest BCUT2D eigenvalue weighted by atomic mass is 19.1. The molecule has 6 heteroatoms. The number of amides is 2. The fourth-order valence-electron chi connectivity index (χ4n) is 2.20. The zero-order valence-corrected chi connectivity index (χ0v) is 14.2. The predicted octanol–water partition coefficient (Wildman–Crippen LogP) is 3.31. The molecule has 1 unspecified atom stereocenters. The molecule has 0 spiro atoms. The SMILES string of the molecule is CC(COc1ccc(F)cc1)NC(=O)N(C)Cc1cccc(C#N)c1. The van der Waals surface area contributed by atoms with Gasteiger partial charge in [-0.25, -0.2) is 9.18 Å². The van der Waals surface area contributed by atoms with E-state index in [-0.39, 0.29) is 24.5 Å². The molecule has 0 saturated carbocycles. The summed E-state index contributed by atoms with van der Waals surface area (Å²) in [6, 6.07) is 14.5. The van der Waals surface area contributed by atoms with Crippen LogP contribution in [0.2, 0.25) is 0 Å². The van der Waals surface area contributed by atoms with Crippen LogP contribution >= 0.6 is 0 Å². The fraction of sp³-hybridized carbons (Fsp3) is 0.263. The number of carbonyl (C=O) groups is 1. The average Bonchev–Trinajstić information content (AvgIpc) is 2.61. The van der Waals surface area contributed by atoms with Crippen molar-refractivity contribution in [2.24, 2.45) is 0 Å². The van der Waals surface area contributed by atoms with Gasteiger partial charge in [0.05, 0.1) is 17.7 Å². The molecule has 2 aromatic carbocycles. The lowest BCUT2D eigenvalue weighted by molar-refractivity contribution is 0.195. The Morgan fingerprint density at radius 2 is 2.04 bits per heavy atom. The van der Waals surface area contributed by atoms with Gasteiger partial charge in [-0.15, -0.1) is 0 Å². The lowest BCUT2D eigenvalue weighted by Crippen LogP contribution is -2.43. The second kappa shape index (κ2) is 8.69. The lowest BCUT2D eigenvalue weighted by atomic mass is 10.1. The third-order valence-electron chi connectivity index (χ3n) is 3.51. The molecule has 0 heterocycles. The van der Waals surface area contributed by atoms with E-state index in [2.05, 4.69) is 11.4 Å². The minimum absolute atomic E-state index is 0.217. The number of rotatable bonds is 6. The fourth-order valence-corrected chi connectivity index (χ4v) is 2.20. The van der Waals surface area contributed by atoms with Crippen LogP contribution in [0.4, 0.5) is 9.18 Å². The monoisotopic (exact) mass is 341 g/mol. The molecular weight excluding hydrogens is 321 g/mol. The van der Waals surface area contributed by atoms with Crippen molar-refractivity contribution < 1.29 is 13.9 Å². The quantitative estimate of drug-likeness (QED) is 0.877. The van der Waals surface area contributed by atoms with E-state index in [0.29, 0.717) is 17.9 Å². The molecule has 0 aliphatic heterocycles. The molecule has 0 aliphatic carbocycles. The lowest BCUT2D eigenvalue weighted by Gasteiger charge is -2.21. The van der Waals surface area contributed by atoms with Gasteiger partial charge in [0.2, 0.25) is 0 Å². The first-order valence-corrected chi connectivity index (χ1v) is 7.87. The van der Waals surface area contributed by atoms with E-state index in [1.807, 2.05) is 13.0 Å². The number of nitrogens with zero attached hydrogens (tertiary/aromatic N) is 2. The Labute approximate surface area is 146 Å². The molecule has 5 nitrogen and oxygen atoms in total. The van der Waals surface area contributed by atoms with Gasteiger partial charge in [0.1, 0.15) is 18.2 Å². The molecular formula is C19H20FN3O2. The standard InChI is InChI=1S/C19H20FN3O2/c1-14(13-25-18-8-6-17(20)7-9-18)22-19(24)23(2)12-16-5-3-4-15(10-16)11-21/h3-10,14H,12-13H2,1-2H3,(H,22,24). The summed E-state index contributed by atoms with van der Waals surface area (Å²) in [5.74, 6) is 0.222. The summed E-state index contributed by atoms with van der Waals surface area (Å²) in [5.41, 5.74) is 1.44. The van der Waals surface area contributed by atoms with Gasteiger partial charge < -0.3 is 15.0 Å². The Hall–Kier alpha value is -3.07. The Bertz CT molecular complexity index is 756. The highest BCUT2D eigenvalue weighted by Gasteiger charge is 2.13. The Morgan fingerprint density at radius 3 is 2.72 bits per heavy atom. The van der Waals surface area contributed by atoms with Crippen molar-refractivity contribution in [3.8, 4) is 11.8 Å². The second-order valence-electron chi connectivity index (χ2n) is 5.78. The van der Waals surface area contributed by atoms with E-state index in [4.69, 9.17) is 10.00 Å². The number of hydrogen-bond donors (Lipinski definition) is 1. The number of ether oxygens (including phenoxy) is 1. The third-order valence-corrected chi connectivity index (χ3v) is 3.51. The summed E-state index contributed by atoms with van der Waals surface area (Å²) >= 11 is 0. The van der Waals surface area contributed by atoms with E-state index in [0.717, 1.165) is 5.56 Å². The van der Waals surface area contributed by atoms with E-state index in [1.54, 1.807) is 25.2 Å². The van der Waals surface area contributed by atoms with Crippen molar-refractivity contribution in [2.75, 3.05) is 13.7 Å². The number of nitrogens with one attached hydrogen (secondary N) is 1. The van der Waals surface area contributed by atoms with Crippen molar-refractivity contribution >= 4 is 6.03 Å². The molecule has 0 radical (unpaired) electrons. The molecule has 2 aromatic rings. The minimum Gasteiger partial charge on any atom is -0.491 e. The van der Waals surface area contributed by atoms with Gasteiger partial charge in [0, 0.05) is 13.6 Å². The molecule has 2 rings (SSSR count). The van der Waals surface area contributed by atoms with Crippen molar-refractivity contribution in [1.82, 2.24) is 10.2 Å². The van der Waals surface area contributed by atoms with Crippen LogP contribution < -0.4 is 10.1 Å². The Balaban J connectivity index is 1.81. The van der Waals surface area contributed by atoms with E-state index < -0.39 is 0 Å². The van der Waals surface area contributed by atoms with Gasteiger partial charge in [-0.1, -0.05) is 12.1 Å². The summed E-state index contributed by atoms with van der Waals surface area (Å²) in [5, 5.41) is 11.7. The van der Waals surface area contributed by atoms with Crippen molar-refractivity contribution in [3.63, 3.8) is 0 Å². The molecule has 0 aliphatic rings. The van der Waals surface area contributed by atoms with Crippen LogP contribution in [-0.2, 0) is 6.54 Å². The summed E-state index contributed by atoms with van der Waals surface area (Å²) in [6.07, 6.45) is 0. The smallest absolute Gasteiger partial charge is 0.317 e. The van der Waals surface area contributed by atoms with Crippen LogP contribution in [0, 0.1) is 17.1 Å². The maximum atomic E-state index is 12.8. The van der Waals surface area contributed by atoms with Crippen LogP contribution in [0.3, 0.4) is 0 Å². The average molecular weight is 341 g/mol. The number of halogens is 1. The topological polar surface area (TPSA) is 65.4 Å². The first-order chi connectivity index (χ1) is 12.0. The Morgan fingerprint density at radius 1 is 1.32 bits per heavy atom. The maximum absolute atomic E-state index is 12.8. The van der Waals surface area contributed by atoms with Crippen LogP contribution in [0.15, 0.2) is 48.5 Å². The zero-order chi connectivity index (χ0) is 18.2. The van der Waals surface area contributed by atoms with E-state index in [9.17, 15) is 9.18 Å². The maximum Gasteiger partial charge on any atom is 0.317 e. The molecule has 25 heavy (non-hydrogen) atoms. The number of hydrogen-bond acceptors (Lipinski definition) is 3. The largest absolute Gasteiger partial charge is 0.491 e. The molecule has 0 aromatic heterocycles. The van der Waals surface area contributed by atoms with Crippen LogP contribution in [0.5, 0.6) is 5.75 Å². The third kappa shape index (κ3) is 5.81. The van der Waals surface area contributed by atoms with Crippen molar-refractivity contribution in [1.29, 1.82) is 5.26 Å². The zero-order valence-electron chi connectivity index (χ0n) is 14.2. The predicted molar refractivity (Wildman–Crippen MR) is 92.5 cm³/mol. The van der Waals surface area contributed by atoms with Gasteiger partial charge in [0.15, 0.2) is 0 Å². The van der Waals surface area contributed by atoms with Crippen molar-refractivity contribution in [3.05, 3.63) is 65.5 Å². The van der Waals surface area contributed by atoms with Crippen LogP contribution in [0.25, 0.3) is 0 Å². The van der Waals surface area contributed by atoms with E-state index in [1.165, 1.54) is 29.2 Å². The number of urea groups is 1. The molecule has 130 valence electrons.